The summed E-state index contributed by atoms with van der Waals surface area (Å²) in [6, 6.07) is 0. The van der Waals surface area contributed by atoms with Crippen LogP contribution in [0.25, 0.3) is 0 Å². The van der Waals surface area contributed by atoms with Crippen molar-refractivity contribution >= 4 is 11.8 Å². The monoisotopic (exact) mass is 376 g/mol. The number of hydrogen-bond acceptors (Lipinski definition) is 4. The average Bonchev–Trinajstić information content (AvgIpc) is 2.90. The first-order valence-electron chi connectivity index (χ1n) is 9.69. The Balaban J connectivity index is 2.22. The number of rotatable bonds is 12. The van der Waals surface area contributed by atoms with Crippen LogP contribution in [0.15, 0.2) is 48.6 Å². The molecule has 0 heterocycles. The van der Waals surface area contributed by atoms with E-state index in [1.54, 1.807) is 12.2 Å². The minimum atomic E-state index is -0.782. The third-order valence-corrected chi connectivity index (χ3v) is 4.67. The Hall–Kier alpha value is -1.98. The normalized spacial score (nSPS) is 24.9. The van der Waals surface area contributed by atoms with Gasteiger partial charge in [-0.1, -0.05) is 55.5 Å². The topological polar surface area (TPSA) is 94.8 Å². The van der Waals surface area contributed by atoms with Gasteiger partial charge in [0.1, 0.15) is 5.78 Å². The number of aliphatic carboxylic acids is 1. The molecule has 1 saturated carbocycles. The molecule has 1 fully saturated rings. The number of carbonyl (C=O) groups excluding carboxylic acids is 1. The van der Waals surface area contributed by atoms with Crippen LogP contribution in [-0.4, -0.2) is 39.3 Å². The largest absolute Gasteiger partial charge is 0.481 e. The van der Waals surface area contributed by atoms with E-state index in [-0.39, 0.29) is 30.5 Å². The van der Waals surface area contributed by atoms with E-state index < -0.39 is 18.2 Å². The van der Waals surface area contributed by atoms with Gasteiger partial charge in [-0.05, 0) is 32.1 Å². The second kappa shape index (κ2) is 13.2. The lowest BCUT2D eigenvalue weighted by molar-refractivity contribution is -0.136. The highest BCUT2D eigenvalue weighted by molar-refractivity contribution is 5.84. The molecule has 0 bridgehead atoms. The number of ketones is 1. The highest BCUT2D eigenvalue weighted by Gasteiger charge is 2.38. The number of Topliss-reactive ketones (excluding diaryl/α,β-unsaturated/α-hetero) is 1. The van der Waals surface area contributed by atoms with Crippen LogP contribution in [0.5, 0.6) is 0 Å². The van der Waals surface area contributed by atoms with Gasteiger partial charge >= 0.3 is 5.97 Å². The van der Waals surface area contributed by atoms with E-state index >= 15 is 0 Å². The van der Waals surface area contributed by atoms with E-state index in [1.165, 1.54) is 0 Å². The van der Waals surface area contributed by atoms with Gasteiger partial charge < -0.3 is 15.3 Å². The SMILES string of the molecule is CC[C@@H]1C(=O)C[C@@H](O)[C@@H]1/C=C/[C@@H](O)C/C=C\C/C=C\C/C=C\CCC(=O)O. The summed E-state index contributed by atoms with van der Waals surface area (Å²) in [6.07, 6.45) is 17.6. The number of allylic oxidation sites excluding steroid dienone is 5. The number of carboxylic acids is 1. The molecule has 0 amide bonds. The first kappa shape index (κ1) is 23.1. The highest BCUT2D eigenvalue weighted by Crippen LogP contribution is 2.32. The maximum atomic E-state index is 11.8. The fraction of sp³-hybridized carbons (Fsp3) is 0.545. The molecular formula is C22H32O5. The van der Waals surface area contributed by atoms with Gasteiger partial charge in [-0.25, -0.2) is 0 Å². The average molecular weight is 376 g/mol. The van der Waals surface area contributed by atoms with Crippen LogP contribution in [0.2, 0.25) is 0 Å². The van der Waals surface area contributed by atoms with E-state index in [0.29, 0.717) is 19.3 Å². The van der Waals surface area contributed by atoms with Crippen molar-refractivity contribution < 1.29 is 24.9 Å². The van der Waals surface area contributed by atoms with Crippen LogP contribution >= 0.6 is 0 Å². The predicted octanol–water partition coefficient (Wildman–Crippen LogP) is 3.58. The third-order valence-electron chi connectivity index (χ3n) is 4.67. The summed E-state index contributed by atoms with van der Waals surface area (Å²) in [7, 11) is 0. The van der Waals surface area contributed by atoms with Crippen molar-refractivity contribution in [1.82, 2.24) is 0 Å². The third kappa shape index (κ3) is 9.50. The summed E-state index contributed by atoms with van der Waals surface area (Å²) in [5.74, 6) is -0.997. The highest BCUT2D eigenvalue weighted by atomic mass is 16.4. The van der Waals surface area contributed by atoms with Crippen LogP contribution in [0.4, 0.5) is 0 Å². The van der Waals surface area contributed by atoms with Gasteiger partial charge in [0.2, 0.25) is 0 Å². The second-order valence-electron chi connectivity index (χ2n) is 6.84. The summed E-state index contributed by atoms with van der Waals surface area (Å²) in [6.45, 7) is 1.94. The predicted molar refractivity (Wildman–Crippen MR) is 106 cm³/mol. The smallest absolute Gasteiger partial charge is 0.303 e. The molecule has 1 aliphatic carbocycles. The molecule has 5 nitrogen and oxygen atoms in total. The lowest BCUT2D eigenvalue weighted by Crippen LogP contribution is -2.18. The molecule has 1 rings (SSSR count). The molecule has 0 unspecified atom stereocenters. The van der Waals surface area contributed by atoms with Gasteiger partial charge in [0.15, 0.2) is 0 Å². The molecule has 0 spiro atoms. The maximum Gasteiger partial charge on any atom is 0.303 e. The fourth-order valence-corrected chi connectivity index (χ4v) is 3.18. The number of aliphatic hydroxyl groups is 2. The molecule has 0 saturated heterocycles. The second-order valence-corrected chi connectivity index (χ2v) is 6.84. The zero-order valence-electron chi connectivity index (χ0n) is 16.0. The summed E-state index contributed by atoms with van der Waals surface area (Å²) in [5.41, 5.74) is 0. The quantitative estimate of drug-likeness (QED) is 0.453. The van der Waals surface area contributed by atoms with Crippen LogP contribution in [0, 0.1) is 11.8 Å². The molecule has 27 heavy (non-hydrogen) atoms. The Morgan fingerprint density at radius 2 is 1.78 bits per heavy atom. The van der Waals surface area contributed by atoms with Crippen molar-refractivity contribution in [2.45, 2.75) is 64.1 Å². The molecule has 0 aromatic rings. The Bertz CT molecular complexity index is 573. The Morgan fingerprint density at radius 1 is 1.15 bits per heavy atom. The standard InChI is InChI=1S/C22H32O5/c1-2-18-19(21(25)16-20(18)24)15-14-17(23)12-10-8-6-4-3-5-7-9-11-13-22(26)27/h3-4,7-10,14-15,17-19,21,23,25H,2,5-6,11-13,16H2,1H3,(H,26,27)/b4-3-,9-7-,10-8-,15-14+/t17-,18-,19+,21+/m0/s1. The van der Waals surface area contributed by atoms with E-state index in [0.717, 1.165) is 12.8 Å². The lowest BCUT2D eigenvalue weighted by Gasteiger charge is -2.16. The van der Waals surface area contributed by atoms with Gasteiger partial charge in [-0.15, -0.1) is 0 Å². The molecule has 150 valence electrons. The Morgan fingerprint density at radius 3 is 2.41 bits per heavy atom. The summed E-state index contributed by atoms with van der Waals surface area (Å²) >= 11 is 0. The van der Waals surface area contributed by atoms with Gasteiger partial charge in [0.25, 0.3) is 0 Å². The molecule has 5 heteroatoms. The zero-order chi connectivity index (χ0) is 20.1. The number of hydrogen-bond donors (Lipinski definition) is 3. The molecule has 0 radical (unpaired) electrons. The van der Waals surface area contributed by atoms with Crippen LogP contribution < -0.4 is 0 Å². The first-order valence-corrected chi connectivity index (χ1v) is 9.69. The van der Waals surface area contributed by atoms with E-state index in [2.05, 4.69) is 0 Å². The Kier molecular flexibility index (Phi) is 11.3. The first-order chi connectivity index (χ1) is 13.0. The number of aliphatic hydroxyl groups excluding tert-OH is 2. The molecule has 4 atom stereocenters. The number of carbonyl (C=O) groups is 2. The zero-order valence-corrected chi connectivity index (χ0v) is 16.0. The molecule has 0 aliphatic heterocycles. The van der Waals surface area contributed by atoms with Crippen molar-refractivity contribution in [3.63, 3.8) is 0 Å². The van der Waals surface area contributed by atoms with E-state index in [4.69, 9.17) is 5.11 Å². The minimum absolute atomic E-state index is 0.109. The van der Waals surface area contributed by atoms with Crippen LogP contribution in [0.1, 0.15) is 51.9 Å². The van der Waals surface area contributed by atoms with Crippen molar-refractivity contribution in [2.75, 3.05) is 0 Å². The van der Waals surface area contributed by atoms with Gasteiger partial charge in [0.05, 0.1) is 12.2 Å². The summed E-state index contributed by atoms with van der Waals surface area (Å²) in [4.78, 5) is 22.1. The van der Waals surface area contributed by atoms with Crippen LogP contribution in [0.3, 0.4) is 0 Å². The molecule has 0 aromatic carbocycles. The molecule has 0 aromatic heterocycles. The van der Waals surface area contributed by atoms with Gasteiger partial charge in [-0.3, -0.25) is 9.59 Å². The minimum Gasteiger partial charge on any atom is -0.481 e. The lowest BCUT2D eigenvalue weighted by atomic mass is 9.91. The van der Waals surface area contributed by atoms with Crippen molar-refractivity contribution in [1.29, 1.82) is 0 Å². The van der Waals surface area contributed by atoms with E-state index in [1.807, 2.05) is 43.4 Å². The summed E-state index contributed by atoms with van der Waals surface area (Å²) < 4.78 is 0. The van der Waals surface area contributed by atoms with Crippen LogP contribution in [-0.2, 0) is 9.59 Å². The summed E-state index contributed by atoms with van der Waals surface area (Å²) in [5, 5.41) is 28.5. The fourth-order valence-electron chi connectivity index (χ4n) is 3.18. The Labute approximate surface area is 161 Å². The maximum absolute atomic E-state index is 11.8. The molecule has 1 aliphatic rings. The van der Waals surface area contributed by atoms with Gasteiger partial charge in [-0.2, -0.15) is 0 Å². The van der Waals surface area contributed by atoms with E-state index in [9.17, 15) is 19.8 Å². The van der Waals surface area contributed by atoms with Crippen molar-refractivity contribution in [3.8, 4) is 0 Å². The van der Waals surface area contributed by atoms with Crippen molar-refractivity contribution in [2.24, 2.45) is 11.8 Å². The molecule has 3 N–H and O–H groups in total. The van der Waals surface area contributed by atoms with Gasteiger partial charge in [0, 0.05) is 24.7 Å². The number of carboxylic acid groups (broad SMARTS) is 1. The van der Waals surface area contributed by atoms with Crippen molar-refractivity contribution in [3.05, 3.63) is 48.6 Å². The molecular weight excluding hydrogens is 344 g/mol.